The lowest BCUT2D eigenvalue weighted by Gasteiger charge is -2.54. The lowest BCUT2D eigenvalue weighted by molar-refractivity contribution is -0.174. The highest BCUT2D eigenvalue weighted by atomic mass is 16.5. The van der Waals surface area contributed by atoms with Gasteiger partial charge in [-0.15, -0.1) is 0 Å². The van der Waals surface area contributed by atoms with Gasteiger partial charge in [-0.1, -0.05) is 13.0 Å². The van der Waals surface area contributed by atoms with Gasteiger partial charge in [0, 0.05) is 23.5 Å². The Morgan fingerprint density at radius 1 is 1.42 bits per heavy atom. The predicted octanol–water partition coefficient (Wildman–Crippen LogP) is 2.24. The minimum absolute atomic E-state index is 0.0774. The van der Waals surface area contributed by atoms with Crippen molar-refractivity contribution in [1.29, 1.82) is 0 Å². The number of ether oxygens (including phenoxy) is 1. The number of aliphatic carboxylic acids is 1. The molecule has 0 spiro atoms. The first kappa shape index (κ1) is 20.8. The van der Waals surface area contributed by atoms with Crippen molar-refractivity contribution in [3.63, 3.8) is 0 Å². The zero-order valence-electron chi connectivity index (χ0n) is 16.2. The standard InChI is InChI=1S/C20H30O6/c1-12(17(22)23)7-9-26-16-6-8-19(4)11-14(21)13(18(2,3)24)10-15(19)20(16,5)25/h7,10,15-16,24-25H,6,8-9,11H2,1-5H3,(H,22,23)/b12-7-/t15-,16+,19-,20+/m1/s1. The first-order chi connectivity index (χ1) is 11.8. The number of hydrogen-bond acceptors (Lipinski definition) is 5. The van der Waals surface area contributed by atoms with Gasteiger partial charge < -0.3 is 20.1 Å². The monoisotopic (exact) mass is 366 g/mol. The van der Waals surface area contributed by atoms with Gasteiger partial charge in [-0.2, -0.15) is 0 Å². The molecule has 6 heteroatoms. The summed E-state index contributed by atoms with van der Waals surface area (Å²) in [6.45, 7) is 8.43. The van der Waals surface area contributed by atoms with Crippen molar-refractivity contribution in [2.24, 2.45) is 11.3 Å². The molecule has 0 amide bonds. The maximum absolute atomic E-state index is 12.5. The van der Waals surface area contributed by atoms with E-state index in [1.807, 2.05) is 6.92 Å². The maximum Gasteiger partial charge on any atom is 0.331 e. The number of ketones is 1. The fraction of sp³-hybridized carbons (Fsp3) is 0.700. The Morgan fingerprint density at radius 2 is 2.04 bits per heavy atom. The van der Waals surface area contributed by atoms with Gasteiger partial charge in [0.05, 0.1) is 23.9 Å². The van der Waals surface area contributed by atoms with E-state index in [0.717, 1.165) is 0 Å². The minimum Gasteiger partial charge on any atom is -0.478 e. The van der Waals surface area contributed by atoms with Crippen molar-refractivity contribution in [3.8, 4) is 0 Å². The molecule has 1 saturated carbocycles. The van der Waals surface area contributed by atoms with Gasteiger partial charge in [0.25, 0.3) is 0 Å². The Morgan fingerprint density at radius 3 is 2.58 bits per heavy atom. The third kappa shape index (κ3) is 3.92. The fourth-order valence-corrected chi connectivity index (χ4v) is 4.28. The Kier molecular flexibility index (Phi) is 5.53. The Hall–Kier alpha value is -1.50. The van der Waals surface area contributed by atoms with Crippen molar-refractivity contribution in [2.75, 3.05) is 6.61 Å². The molecule has 0 heterocycles. The number of carbonyl (C=O) groups excluding carboxylic acids is 1. The molecule has 26 heavy (non-hydrogen) atoms. The van der Waals surface area contributed by atoms with Crippen molar-refractivity contribution >= 4 is 11.8 Å². The van der Waals surface area contributed by atoms with Gasteiger partial charge in [-0.05, 0) is 52.0 Å². The molecule has 1 fully saturated rings. The molecule has 0 aliphatic heterocycles. The van der Waals surface area contributed by atoms with Crippen LogP contribution in [-0.2, 0) is 14.3 Å². The molecule has 6 nitrogen and oxygen atoms in total. The zero-order chi connectivity index (χ0) is 19.9. The smallest absolute Gasteiger partial charge is 0.331 e. The third-order valence-electron chi connectivity index (χ3n) is 5.89. The number of aliphatic hydroxyl groups is 2. The number of carboxylic acid groups (broad SMARTS) is 1. The summed E-state index contributed by atoms with van der Waals surface area (Å²) in [6.07, 6.45) is 4.30. The highest BCUT2D eigenvalue weighted by Crippen LogP contribution is 2.53. The van der Waals surface area contributed by atoms with Gasteiger partial charge >= 0.3 is 5.97 Å². The van der Waals surface area contributed by atoms with E-state index in [-0.39, 0.29) is 35.7 Å². The molecule has 0 aromatic rings. The highest BCUT2D eigenvalue weighted by Gasteiger charge is 2.56. The third-order valence-corrected chi connectivity index (χ3v) is 5.89. The van der Waals surface area contributed by atoms with E-state index >= 15 is 0 Å². The van der Waals surface area contributed by atoms with Crippen molar-refractivity contribution in [1.82, 2.24) is 0 Å². The van der Waals surface area contributed by atoms with Crippen LogP contribution in [0.15, 0.2) is 23.3 Å². The summed E-state index contributed by atoms with van der Waals surface area (Å²) >= 11 is 0. The van der Waals surface area contributed by atoms with Gasteiger partial charge in [-0.25, -0.2) is 4.79 Å². The quantitative estimate of drug-likeness (QED) is 0.645. The lowest BCUT2D eigenvalue weighted by atomic mass is 9.54. The van der Waals surface area contributed by atoms with Crippen LogP contribution in [0.3, 0.4) is 0 Å². The summed E-state index contributed by atoms with van der Waals surface area (Å²) < 4.78 is 5.79. The van der Waals surface area contributed by atoms with Crippen LogP contribution in [0.1, 0.15) is 53.9 Å². The number of fused-ring (bicyclic) bond motifs is 1. The second-order valence-corrected chi connectivity index (χ2v) is 8.65. The maximum atomic E-state index is 12.5. The molecule has 4 atom stereocenters. The molecule has 0 aromatic carbocycles. The molecule has 0 saturated heterocycles. The summed E-state index contributed by atoms with van der Waals surface area (Å²) in [4.78, 5) is 23.4. The second-order valence-electron chi connectivity index (χ2n) is 8.65. The SMILES string of the molecule is C/C(=C/CO[C@H]1CC[C@]2(C)CC(=O)C(C(C)(C)O)=C[C@H]2[C@]1(C)O)C(=O)O. The van der Waals surface area contributed by atoms with Gasteiger partial charge in [0.1, 0.15) is 0 Å². The van der Waals surface area contributed by atoms with Crippen molar-refractivity contribution < 1.29 is 29.6 Å². The van der Waals surface area contributed by atoms with Crippen molar-refractivity contribution in [3.05, 3.63) is 23.3 Å². The molecule has 2 rings (SSSR count). The van der Waals surface area contributed by atoms with E-state index in [1.54, 1.807) is 26.8 Å². The van der Waals surface area contributed by atoms with E-state index in [4.69, 9.17) is 9.84 Å². The first-order valence-electron chi connectivity index (χ1n) is 9.01. The number of Topliss-reactive ketones (excluding diaryl/α,β-unsaturated/α-hetero) is 1. The average Bonchev–Trinajstić information content (AvgIpc) is 2.47. The van der Waals surface area contributed by atoms with E-state index in [9.17, 15) is 19.8 Å². The number of carbonyl (C=O) groups is 2. The fourth-order valence-electron chi connectivity index (χ4n) is 4.28. The molecule has 146 valence electrons. The van der Waals surface area contributed by atoms with Gasteiger partial charge in [0.15, 0.2) is 5.78 Å². The van der Waals surface area contributed by atoms with E-state index < -0.39 is 23.3 Å². The Bertz CT molecular complexity index is 652. The van der Waals surface area contributed by atoms with Crippen LogP contribution in [0.4, 0.5) is 0 Å². The number of hydrogen-bond donors (Lipinski definition) is 3. The van der Waals surface area contributed by atoms with E-state index in [1.165, 1.54) is 13.0 Å². The normalized spacial score (nSPS) is 35.7. The van der Waals surface area contributed by atoms with Crippen LogP contribution in [0.5, 0.6) is 0 Å². The highest BCUT2D eigenvalue weighted by molar-refractivity contribution is 5.98. The first-order valence-corrected chi connectivity index (χ1v) is 9.01. The Balaban J connectivity index is 2.27. The van der Waals surface area contributed by atoms with Crippen LogP contribution >= 0.6 is 0 Å². The predicted molar refractivity (Wildman–Crippen MR) is 96.6 cm³/mol. The lowest BCUT2D eigenvalue weighted by Crippen LogP contribution is -2.59. The zero-order valence-corrected chi connectivity index (χ0v) is 16.2. The topological polar surface area (TPSA) is 104 Å². The van der Waals surface area contributed by atoms with E-state index in [2.05, 4.69) is 0 Å². The van der Waals surface area contributed by atoms with Crippen LogP contribution in [0.2, 0.25) is 0 Å². The van der Waals surface area contributed by atoms with Crippen LogP contribution in [-0.4, -0.2) is 51.0 Å². The van der Waals surface area contributed by atoms with Crippen molar-refractivity contribution in [2.45, 2.75) is 71.2 Å². The summed E-state index contributed by atoms with van der Waals surface area (Å²) in [6, 6.07) is 0. The molecule has 0 unspecified atom stereocenters. The molecular weight excluding hydrogens is 336 g/mol. The van der Waals surface area contributed by atoms with Gasteiger partial charge in [0.2, 0.25) is 0 Å². The summed E-state index contributed by atoms with van der Waals surface area (Å²) in [5.74, 6) is -1.41. The molecule has 0 radical (unpaired) electrons. The summed E-state index contributed by atoms with van der Waals surface area (Å²) in [7, 11) is 0. The number of rotatable bonds is 5. The largest absolute Gasteiger partial charge is 0.478 e. The minimum atomic E-state index is -1.26. The van der Waals surface area contributed by atoms with Crippen LogP contribution in [0, 0.1) is 11.3 Å². The van der Waals surface area contributed by atoms with Crippen LogP contribution < -0.4 is 0 Å². The van der Waals surface area contributed by atoms with Gasteiger partial charge in [-0.3, -0.25) is 4.79 Å². The Labute approximate surface area is 154 Å². The molecule has 3 N–H and O–H groups in total. The second kappa shape index (κ2) is 6.91. The summed E-state index contributed by atoms with van der Waals surface area (Å²) in [5.41, 5.74) is -2.35. The molecule has 0 bridgehead atoms. The molecule has 2 aliphatic rings. The summed E-state index contributed by atoms with van der Waals surface area (Å²) in [5, 5.41) is 30.5. The average molecular weight is 366 g/mol. The molecule has 0 aromatic heterocycles. The van der Waals surface area contributed by atoms with Crippen LogP contribution in [0.25, 0.3) is 0 Å². The molecule has 2 aliphatic carbocycles. The van der Waals surface area contributed by atoms with E-state index in [0.29, 0.717) is 18.4 Å². The number of carboxylic acids is 1. The molecular formula is C20H30O6.